The second kappa shape index (κ2) is 7.74. The molecule has 0 radical (unpaired) electrons. The van der Waals surface area contributed by atoms with Crippen LogP contribution in [0.5, 0.6) is 0 Å². The fourth-order valence-corrected chi connectivity index (χ4v) is 3.00. The summed E-state index contributed by atoms with van der Waals surface area (Å²) in [4.78, 5) is 21.2. The molecule has 0 fully saturated rings. The molecule has 0 saturated heterocycles. The zero-order valence-corrected chi connectivity index (χ0v) is 16.6. The zero-order valence-electron chi connectivity index (χ0n) is 16.6. The monoisotopic (exact) mass is 406 g/mol. The summed E-state index contributed by atoms with van der Waals surface area (Å²) in [5.41, 5.74) is 2.06. The van der Waals surface area contributed by atoms with Gasteiger partial charge in [0.05, 0.1) is 17.5 Å². The van der Waals surface area contributed by atoms with Crippen molar-refractivity contribution in [2.24, 2.45) is 7.05 Å². The van der Waals surface area contributed by atoms with Crippen molar-refractivity contribution in [3.8, 4) is 16.9 Å². The summed E-state index contributed by atoms with van der Waals surface area (Å²) < 4.78 is 17.5. The van der Waals surface area contributed by atoms with Gasteiger partial charge >= 0.3 is 0 Å². The summed E-state index contributed by atoms with van der Waals surface area (Å²) in [6.45, 7) is 1.79. The first-order valence-electron chi connectivity index (χ1n) is 9.11. The number of aryl methyl sites for hydroxylation is 2. The van der Waals surface area contributed by atoms with E-state index < -0.39 is 11.7 Å². The van der Waals surface area contributed by atoms with Crippen molar-refractivity contribution >= 4 is 17.5 Å². The van der Waals surface area contributed by atoms with E-state index in [1.807, 2.05) is 0 Å². The molecule has 30 heavy (non-hydrogen) atoms. The Balaban J connectivity index is 1.67. The van der Waals surface area contributed by atoms with Crippen LogP contribution in [0, 0.1) is 12.7 Å². The first-order chi connectivity index (χ1) is 14.4. The number of benzene rings is 1. The van der Waals surface area contributed by atoms with Gasteiger partial charge in [-0.1, -0.05) is 6.07 Å². The van der Waals surface area contributed by atoms with Crippen LogP contribution < -0.4 is 10.6 Å². The molecule has 4 aromatic rings. The molecule has 2 N–H and O–H groups in total. The molecule has 4 rings (SSSR count). The van der Waals surface area contributed by atoms with Crippen LogP contribution in [0.3, 0.4) is 0 Å². The smallest absolute Gasteiger partial charge is 0.259 e. The number of hydrogen-bond acceptors (Lipinski definition) is 6. The quantitative estimate of drug-likeness (QED) is 0.528. The molecule has 3 aromatic heterocycles. The van der Waals surface area contributed by atoms with Crippen molar-refractivity contribution in [3.63, 3.8) is 0 Å². The third-order valence-corrected chi connectivity index (χ3v) is 4.45. The van der Waals surface area contributed by atoms with Crippen molar-refractivity contribution < 1.29 is 9.18 Å². The van der Waals surface area contributed by atoms with Crippen LogP contribution in [0.15, 0.2) is 49.1 Å². The summed E-state index contributed by atoms with van der Waals surface area (Å²) in [6.07, 6.45) is 4.84. The van der Waals surface area contributed by atoms with Crippen molar-refractivity contribution in [3.05, 3.63) is 66.1 Å². The molecule has 0 aliphatic rings. The maximum atomic E-state index is 14.4. The highest BCUT2D eigenvalue weighted by atomic mass is 19.1. The van der Waals surface area contributed by atoms with E-state index in [1.54, 1.807) is 56.3 Å². The number of carbonyl (C=O) groups excluding carboxylic acids is 1. The Hall–Kier alpha value is -4.08. The van der Waals surface area contributed by atoms with Crippen molar-refractivity contribution in [2.45, 2.75) is 6.92 Å². The zero-order chi connectivity index (χ0) is 21.3. The number of amides is 1. The molecule has 0 aliphatic carbocycles. The van der Waals surface area contributed by atoms with Gasteiger partial charge in [-0.05, 0) is 24.6 Å². The van der Waals surface area contributed by atoms with E-state index >= 15 is 0 Å². The number of anilines is 2. The summed E-state index contributed by atoms with van der Waals surface area (Å²) in [7, 11) is 3.53. The van der Waals surface area contributed by atoms with Gasteiger partial charge in [-0.15, -0.1) is 0 Å². The predicted octanol–water partition coefficient (Wildman–Crippen LogP) is 2.80. The number of aromatic nitrogens is 6. The summed E-state index contributed by atoms with van der Waals surface area (Å²) in [5.74, 6) is 0.206. The lowest BCUT2D eigenvalue weighted by atomic mass is 10.1. The summed E-state index contributed by atoms with van der Waals surface area (Å²) >= 11 is 0. The van der Waals surface area contributed by atoms with E-state index in [4.69, 9.17) is 0 Å². The summed E-state index contributed by atoms with van der Waals surface area (Å²) in [5, 5.41) is 14.1. The van der Waals surface area contributed by atoms with Gasteiger partial charge in [0.15, 0.2) is 5.82 Å². The number of nitrogens with one attached hydrogen (secondary N) is 2. The first kappa shape index (κ1) is 19.2. The number of carbonyl (C=O) groups is 1. The lowest BCUT2D eigenvalue weighted by Crippen LogP contribution is -2.17. The van der Waals surface area contributed by atoms with E-state index in [0.717, 1.165) is 5.56 Å². The molecule has 0 bridgehead atoms. The molecule has 9 nitrogen and oxygen atoms in total. The van der Waals surface area contributed by atoms with E-state index in [0.29, 0.717) is 28.7 Å². The van der Waals surface area contributed by atoms with Crippen LogP contribution in [-0.4, -0.2) is 42.5 Å². The van der Waals surface area contributed by atoms with Crippen LogP contribution >= 0.6 is 0 Å². The van der Waals surface area contributed by atoms with Gasteiger partial charge in [0.1, 0.15) is 23.8 Å². The topological polar surface area (TPSA) is 103 Å². The molecule has 0 aliphatic heterocycles. The highest BCUT2D eigenvalue weighted by molar-refractivity contribution is 6.04. The SMILES string of the molecule is CNc1cc(-n2nc(C)cc2NC(=O)c2cc(-c3cnn(C)c3)ccc2F)ncn1. The number of rotatable bonds is 5. The summed E-state index contributed by atoms with van der Waals surface area (Å²) in [6, 6.07) is 7.74. The third kappa shape index (κ3) is 3.75. The minimum atomic E-state index is -0.623. The highest BCUT2D eigenvalue weighted by Crippen LogP contribution is 2.23. The fourth-order valence-electron chi connectivity index (χ4n) is 3.00. The third-order valence-electron chi connectivity index (χ3n) is 4.45. The Labute approximate surface area is 171 Å². The molecule has 1 aromatic carbocycles. The lowest BCUT2D eigenvalue weighted by molar-refractivity contribution is 0.102. The van der Waals surface area contributed by atoms with Gasteiger partial charge < -0.3 is 10.6 Å². The Bertz CT molecular complexity index is 1230. The van der Waals surface area contributed by atoms with Crippen molar-refractivity contribution in [1.82, 2.24) is 29.5 Å². The largest absolute Gasteiger partial charge is 0.373 e. The van der Waals surface area contributed by atoms with Crippen molar-refractivity contribution in [1.29, 1.82) is 0 Å². The minimum Gasteiger partial charge on any atom is -0.373 e. The predicted molar refractivity (Wildman–Crippen MR) is 110 cm³/mol. The van der Waals surface area contributed by atoms with Gasteiger partial charge in [0.2, 0.25) is 0 Å². The second-order valence-electron chi connectivity index (χ2n) is 6.65. The number of halogens is 1. The Kier molecular flexibility index (Phi) is 4.97. The van der Waals surface area contributed by atoms with E-state index in [9.17, 15) is 9.18 Å². The molecule has 1 amide bonds. The second-order valence-corrected chi connectivity index (χ2v) is 6.65. The van der Waals surface area contributed by atoms with Crippen LogP contribution in [0.2, 0.25) is 0 Å². The average Bonchev–Trinajstić information content (AvgIpc) is 3.33. The lowest BCUT2D eigenvalue weighted by Gasteiger charge is -2.10. The van der Waals surface area contributed by atoms with E-state index in [-0.39, 0.29) is 5.56 Å². The van der Waals surface area contributed by atoms with E-state index in [1.165, 1.54) is 23.1 Å². The van der Waals surface area contributed by atoms with Crippen LogP contribution in [-0.2, 0) is 7.05 Å². The maximum absolute atomic E-state index is 14.4. The number of nitrogens with zero attached hydrogens (tertiary/aromatic N) is 6. The highest BCUT2D eigenvalue weighted by Gasteiger charge is 2.18. The molecule has 10 heteroatoms. The molecular weight excluding hydrogens is 387 g/mol. The normalized spacial score (nSPS) is 10.8. The van der Waals surface area contributed by atoms with Gasteiger partial charge in [-0.25, -0.2) is 14.4 Å². The molecule has 3 heterocycles. The molecular formula is C20H19FN8O. The Morgan fingerprint density at radius 1 is 1.13 bits per heavy atom. The maximum Gasteiger partial charge on any atom is 0.259 e. The van der Waals surface area contributed by atoms with Crippen LogP contribution in [0.25, 0.3) is 16.9 Å². The molecule has 0 saturated carbocycles. The molecule has 0 spiro atoms. The average molecular weight is 406 g/mol. The fraction of sp³-hybridized carbons (Fsp3) is 0.150. The van der Waals surface area contributed by atoms with Gasteiger partial charge in [0, 0.05) is 38.0 Å². The van der Waals surface area contributed by atoms with Crippen molar-refractivity contribution in [2.75, 3.05) is 17.7 Å². The van der Waals surface area contributed by atoms with Gasteiger partial charge in [-0.2, -0.15) is 14.9 Å². The Morgan fingerprint density at radius 3 is 2.70 bits per heavy atom. The van der Waals surface area contributed by atoms with Crippen LogP contribution in [0.1, 0.15) is 16.1 Å². The first-order valence-corrected chi connectivity index (χ1v) is 9.11. The van der Waals surface area contributed by atoms with E-state index in [2.05, 4.69) is 30.8 Å². The standard InChI is InChI=1S/C20H19FN8O/c1-12-6-19(29(27-12)18-8-17(22-2)23-11-24-18)26-20(30)15-7-13(4-5-16(15)21)14-9-25-28(3)10-14/h4-11H,1-3H3,(H,26,30)(H,22,23,24). The van der Waals surface area contributed by atoms with Gasteiger partial charge in [-0.3, -0.25) is 9.48 Å². The number of hydrogen-bond donors (Lipinski definition) is 2. The van der Waals surface area contributed by atoms with Crippen LogP contribution in [0.4, 0.5) is 16.0 Å². The minimum absolute atomic E-state index is 0.0830. The molecule has 152 valence electrons. The molecule has 0 unspecified atom stereocenters. The Morgan fingerprint density at radius 2 is 1.97 bits per heavy atom. The van der Waals surface area contributed by atoms with Gasteiger partial charge in [0.25, 0.3) is 5.91 Å². The molecule has 0 atom stereocenters.